The largest absolute Gasteiger partial charge is 0.497 e. The Hall–Kier alpha value is -2.15. The fourth-order valence-corrected chi connectivity index (χ4v) is 3.17. The highest BCUT2D eigenvalue weighted by molar-refractivity contribution is 7.91. The van der Waals surface area contributed by atoms with Crippen LogP contribution in [0.5, 0.6) is 0 Å². The fourth-order valence-electron chi connectivity index (χ4n) is 2.03. The summed E-state index contributed by atoms with van der Waals surface area (Å²) in [6.45, 7) is 6.76. The zero-order chi connectivity index (χ0) is 15.0. The van der Waals surface area contributed by atoms with Crippen molar-refractivity contribution in [3.63, 3.8) is 0 Å². The third-order valence-electron chi connectivity index (χ3n) is 3.46. The molecular weight excluding hydrogens is 290 g/mol. The van der Waals surface area contributed by atoms with Gasteiger partial charge in [0.1, 0.15) is 0 Å². The first kappa shape index (κ1) is 13.8. The van der Waals surface area contributed by atoms with Crippen LogP contribution >= 0.6 is 0 Å². The number of aromatic nitrogens is 3. The van der Waals surface area contributed by atoms with Crippen molar-refractivity contribution in [2.24, 2.45) is 5.92 Å². The first-order valence-corrected chi connectivity index (χ1v) is 7.98. The number of ether oxygens (including phenoxy) is 1. The molecule has 0 radical (unpaired) electrons. The summed E-state index contributed by atoms with van der Waals surface area (Å²) < 4.78 is 31.5. The molecule has 1 aromatic carbocycles. The van der Waals surface area contributed by atoms with Crippen molar-refractivity contribution in [3.8, 4) is 0 Å². The lowest BCUT2D eigenvalue weighted by molar-refractivity contribution is 0.0387. The average Bonchev–Trinajstić information content (AvgIpc) is 2.93. The molecule has 0 bridgehead atoms. The summed E-state index contributed by atoms with van der Waals surface area (Å²) in [6, 6.07) is 6.66. The van der Waals surface area contributed by atoms with Crippen LogP contribution in [0.2, 0.25) is 0 Å². The molecule has 0 aliphatic carbocycles. The van der Waals surface area contributed by atoms with Crippen LogP contribution < -0.4 is 0 Å². The minimum atomic E-state index is -3.62. The Morgan fingerprint density at radius 1 is 1.38 bits per heavy atom. The number of aryl methyl sites for hydroxylation is 1. The number of nitrogens with zero attached hydrogens (tertiary/aromatic N) is 3. The van der Waals surface area contributed by atoms with Crippen LogP contribution in [0.15, 0.2) is 52.7 Å². The Labute approximate surface area is 123 Å². The lowest BCUT2D eigenvalue weighted by Gasteiger charge is -2.29. The average molecular weight is 305 g/mol. The van der Waals surface area contributed by atoms with Crippen molar-refractivity contribution in [1.82, 2.24) is 15.0 Å². The maximum absolute atomic E-state index is 12.4. The number of hydrogen-bond donors (Lipinski definition) is 0. The van der Waals surface area contributed by atoms with E-state index in [1.807, 2.05) is 6.92 Å². The quantitative estimate of drug-likeness (QED) is 0.857. The first-order chi connectivity index (χ1) is 9.96. The molecule has 0 saturated carbocycles. The normalized spacial score (nSPS) is 18.1. The van der Waals surface area contributed by atoms with Crippen molar-refractivity contribution in [2.45, 2.75) is 23.4 Å². The molecule has 6 nitrogen and oxygen atoms in total. The monoisotopic (exact) mass is 305 g/mol. The van der Waals surface area contributed by atoms with Gasteiger partial charge in [0.05, 0.1) is 35.9 Å². The Balaban J connectivity index is 1.84. The van der Waals surface area contributed by atoms with E-state index in [0.29, 0.717) is 18.9 Å². The van der Waals surface area contributed by atoms with Crippen LogP contribution in [-0.2, 0) is 21.1 Å². The summed E-state index contributed by atoms with van der Waals surface area (Å²) in [5.41, 5.74) is 1.00. The van der Waals surface area contributed by atoms with Gasteiger partial charge in [-0.2, -0.15) is 0 Å². The van der Waals surface area contributed by atoms with Crippen LogP contribution in [0.1, 0.15) is 5.56 Å². The Morgan fingerprint density at radius 2 is 2.10 bits per heavy atom. The molecule has 0 amide bonds. The molecule has 3 rings (SSSR count). The molecule has 1 atom stereocenters. The van der Waals surface area contributed by atoms with Crippen LogP contribution in [-0.4, -0.2) is 30.0 Å². The number of rotatable bonds is 4. The maximum Gasteiger partial charge on any atom is 0.227 e. The molecule has 7 heteroatoms. The molecule has 110 valence electrons. The second kappa shape index (κ2) is 5.00. The lowest BCUT2D eigenvalue weighted by Crippen LogP contribution is -2.28. The van der Waals surface area contributed by atoms with Gasteiger partial charge in [-0.1, -0.05) is 29.5 Å². The zero-order valence-electron chi connectivity index (χ0n) is 11.6. The summed E-state index contributed by atoms with van der Waals surface area (Å²) in [6.07, 6.45) is 1.45. The second-order valence-electron chi connectivity index (χ2n) is 5.07. The van der Waals surface area contributed by atoms with E-state index < -0.39 is 9.84 Å². The standard InChI is InChI=1S/C14H15N3O3S/c1-10-3-5-13(6-4-10)21(18,19)14-8-17(16-15-14)7-12-9-20-11(12)2/h3-6,8,12H,2,7,9H2,1H3. The summed E-state index contributed by atoms with van der Waals surface area (Å²) in [7, 11) is -3.62. The minimum Gasteiger partial charge on any atom is -0.497 e. The number of hydrogen-bond acceptors (Lipinski definition) is 5. The molecule has 21 heavy (non-hydrogen) atoms. The van der Waals surface area contributed by atoms with E-state index >= 15 is 0 Å². The third-order valence-corrected chi connectivity index (χ3v) is 5.09. The van der Waals surface area contributed by atoms with Crippen molar-refractivity contribution < 1.29 is 13.2 Å². The summed E-state index contributed by atoms with van der Waals surface area (Å²) >= 11 is 0. The maximum atomic E-state index is 12.4. The van der Waals surface area contributed by atoms with E-state index in [2.05, 4.69) is 16.9 Å². The highest BCUT2D eigenvalue weighted by Crippen LogP contribution is 2.25. The molecule has 1 saturated heterocycles. The van der Waals surface area contributed by atoms with Gasteiger partial charge in [0.15, 0.2) is 0 Å². The molecular formula is C14H15N3O3S. The Morgan fingerprint density at radius 3 is 2.67 bits per heavy atom. The molecule has 0 N–H and O–H groups in total. The number of sulfone groups is 1. The molecule has 1 aliphatic rings. The fraction of sp³-hybridized carbons (Fsp3) is 0.286. The van der Waals surface area contributed by atoms with Gasteiger partial charge >= 0.3 is 0 Å². The van der Waals surface area contributed by atoms with Crippen molar-refractivity contribution in [1.29, 1.82) is 0 Å². The number of benzene rings is 1. The van der Waals surface area contributed by atoms with E-state index in [4.69, 9.17) is 4.74 Å². The van der Waals surface area contributed by atoms with E-state index in [0.717, 1.165) is 5.56 Å². The topological polar surface area (TPSA) is 74.1 Å². The van der Waals surface area contributed by atoms with E-state index in [-0.39, 0.29) is 15.8 Å². The molecule has 1 aromatic heterocycles. The molecule has 2 aromatic rings. The van der Waals surface area contributed by atoms with E-state index in [1.165, 1.54) is 10.9 Å². The molecule has 0 spiro atoms. The second-order valence-corrected chi connectivity index (χ2v) is 6.97. The predicted molar refractivity (Wildman–Crippen MR) is 75.2 cm³/mol. The predicted octanol–water partition coefficient (Wildman–Crippen LogP) is 1.58. The van der Waals surface area contributed by atoms with Gasteiger partial charge in [0, 0.05) is 0 Å². The van der Waals surface area contributed by atoms with Crippen molar-refractivity contribution in [3.05, 3.63) is 48.4 Å². The molecule has 2 heterocycles. The van der Waals surface area contributed by atoms with Crippen LogP contribution in [0.25, 0.3) is 0 Å². The SMILES string of the molecule is C=C1OCC1Cn1cc(S(=O)(=O)c2ccc(C)cc2)nn1. The van der Waals surface area contributed by atoms with Crippen molar-refractivity contribution in [2.75, 3.05) is 6.61 Å². The van der Waals surface area contributed by atoms with Gasteiger partial charge in [0.2, 0.25) is 14.9 Å². The van der Waals surface area contributed by atoms with E-state index in [9.17, 15) is 8.42 Å². The Kier molecular flexibility index (Phi) is 3.29. The summed E-state index contributed by atoms with van der Waals surface area (Å²) in [5.74, 6) is 0.870. The lowest BCUT2D eigenvalue weighted by atomic mass is 10.1. The van der Waals surface area contributed by atoms with Gasteiger partial charge in [-0.3, -0.25) is 4.68 Å². The summed E-state index contributed by atoms with van der Waals surface area (Å²) in [4.78, 5) is 0.219. The van der Waals surface area contributed by atoms with Gasteiger partial charge < -0.3 is 4.74 Å². The first-order valence-electron chi connectivity index (χ1n) is 6.50. The zero-order valence-corrected chi connectivity index (χ0v) is 12.4. The smallest absolute Gasteiger partial charge is 0.227 e. The minimum absolute atomic E-state index is 0.0443. The summed E-state index contributed by atoms with van der Waals surface area (Å²) in [5, 5.41) is 7.61. The third kappa shape index (κ3) is 2.56. The van der Waals surface area contributed by atoms with Gasteiger partial charge in [0.25, 0.3) is 0 Å². The highest BCUT2D eigenvalue weighted by atomic mass is 32.2. The van der Waals surface area contributed by atoms with Crippen LogP contribution in [0.3, 0.4) is 0 Å². The van der Waals surface area contributed by atoms with E-state index in [1.54, 1.807) is 24.3 Å². The highest BCUT2D eigenvalue weighted by Gasteiger charge is 2.27. The van der Waals surface area contributed by atoms with Crippen LogP contribution in [0, 0.1) is 12.8 Å². The van der Waals surface area contributed by atoms with Gasteiger partial charge in [-0.25, -0.2) is 8.42 Å². The molecule has 1 aliphatic heterocycles. The van der Waals surface area contributed by atoms with Crippen LogP contribution in [0.4, 0.5) is 0 Å². The van der Waals surface area contributed by atoms with Gasteiger partial charge in [-0.05, 0) is 19.1 Å². The molecule has 1 fully saturated rings. The molecule has 1 unspecified atom stereocenters. The van der Waals surface area contributed by atoms with Crippen molar-refractivity contribution >= 4 is 9.84 Å². The Bertz CT molecular complexity index is 778. The van der Waals surface area contributed by atoms with Gasteiger partial charge in [-0.15, -0.1) is 5.10 Å².